The second kappa shape index (κ2) is 10.6. The predicted molar refractivity (Wildman–Crippen MR) is 98.1 cm³/mol. The number of hydrogen-bond acceptors (Lipinski definition) is 6. The fraction of sp³-hybridized carbons (Fsp3) is 0.250. The largest absolute Gasteiger partial charge is 0.473 e. The Morgan fingerprint density at radius 2 is 2.00 bits per heavy atom. The highest BCUT2D eigenvalue weighted by atomic mass is 79.9. The van der Waals surface area contributed by atoms with Gasteiger partial charge in [0.05, 0.1) is 5.69 Å². The van der Waals surface area contributed by atoms with Gasteiger partial charge in [0, 0.05) is 18.7 Å². The Balaban J connectivity index is 0.000000648. The summed E-state index contributed by atoms with van der Waals surface area (Å²) in [5.41, 5.74) is 5.05. The van der Waals surface area contributed by atoms with Crippen LogP contribution in [0.2, 0.25) is 0 Å². The molecule has 1 heterocycles. The van der Waals surface area contributed by atoms with Gasteiger partial charge >= 0.3 is 0 Å². The first-order chi connectivity index (χ1) is 11.5. The van der Waals surface area contributed by atoms with Gasteiger partial charge in [-0.3, -0.25) is 10.2 Å². The molecule has 0 aliphatic rings. The zero-order valence-electron chi connectivity index (χ0n) is 13.7. The number of nitrogens with zero attached hydrogens (tertiary/aromatic N) is 2. The van der Waals surface area contributed by atoms with Crippen LogP contribution in [-0.4, -0.2) is 18.4 Å². The van der Waals surface area contributed by atoms with Crippen molar-refractivity contribution in [2.45, 2.75) is 20.0 Å². The van der Waals surface area contributed by atoms with Crippen LogP contribution in [0.1, 0.15) is 18.1 Å². The van der Waals surface area contributed by atoms with Crippen LogP contribution >= 0.6 is 15.9 Å². The maximum atomic E-state index is 8.94. The first-order valence-corrected chi connectivity index (χ1v) is 8.07. The van der Waals surface area contributed by atoms with Crippen molar-refractivity contribution in [3.8, 4) is 5.88 Å². The lowest BCUT2D eigenvalue weighted by Crippen LogP contribution is -2.27. The van der Waals surface area contributed by atoms with Gasteiger partial charge in [-0.2, -0.15) is 0 Å². The Kier molecular flexibility index (Phi) is 8.77. The summed E-state index contributed by atoms with van der Waals surface area (Å²) in [4.78, 5) is 13.2. The standard InChI is InChI=1S/C15H18BrN3O.CH4N2O/c1-3-11-6-4-7-13(19(2)17)12(11)10-20-15-9-5-8-14(16)18-15;2-3-1-4/h4-9H,3,10,17H2,1-2H3;1H,2H2,(H,3,4). The van der Waals surface area contributed by atoms with Crippen LogP contribution < -0.4 is 26.9 Å². The fourth-order valence-electron chi connectivity index (χ4n) is 2.07. The summed E-state index contributed by atoms with van der Waals surface area (Å²) in [5, 5.41) is 1.62. The summed E-state index contributed by atoms with van der Waals surface area (Å²) in [7, 11) is 1.83. The highest BCUT2D eigenvalue weighted by Crippen LogP contribution is 2.24. The Bertz CT molecular complexity index is 652. The quantitative estimate of drug-likeness (QED) is 0.226. The van der Waals surface area contributed by atoms with Crippen molar-refractivity contribution in [3.05, 3.63) is 52.1 Å². The van der Waals surface area contributed by atoms with Gasteiger partial charge in [-0.25, -0.2) is 16.7 Å². The van der Waals surface area contributed by atoms with Gasteiger partial charge in [0.1, 0.15) is 11.2 Å². The predicted octanol–water partition coefficient (Wildman–Crippen LogP) is 1.90. The van der Waals surface area contributed by atoms with E-state index in [1.807, 2.05) is 37.4 Å². The number of hydrogen-bond donors (Lipinski definition) is 3. The molecule has 1 aromatic heterocycles. The topological polar surface area (TPSA) is 106 Å². The first-order valence-electron chi connectivity index (χ1n) is 7.27. The molecule has 0 bridgehead atoms. The molecule has 0 aliphatic carbocycles. The number of rotatable bonds is 6. The minimum atomic E-state index is 0.403. The number of carbonyl (C=O) groups is 1. The van der Waals surface area contributed by atoms with Gasteiger partial charge in [0.15, 0.2) is 0 Å². The average Bonchev–Trinajstić information content (AvgIpc) is 2.59. The number of pyridine rings is 1. The lowest BCUT2D eigenvalue weighted by atomic mass is 10.0. The number of aromatic nitrogens is 1. The van der Waals surface area contributed by atoms with Gasteiger partial charge in [-0.1, -0.05) is 25.1 Å². The summed E-state index contributed by atoms with van der Waals surface area (Å²) in [6, 6.07) is 11.7. The molecule has 130 valence electrons. The van der Waals surface area contributed by atoms with Gasteiger partial charge in [-0.15, -0.1) is 0 Å². The highest BCUT2D eigenvalue weighted by Gasteiger charge is 2.10. The van der Waals surface area contributed by atoms with Gasteiger partial charge in [-0.05, 0) is 40.0 Å². The second-order valence-electron chi connectivity index (χ2n) is 4.75. The van der Waals surface area contributed by atoms with E-state index in [4.69, 9.17) is 15.4 Å². The van der Waals surface area contributed by atoms with E-state index in [1.54, 1.807) is 10.4 Å². The Morgan fingerprint density at radius 3 is 2.54 bits per heavy atom. The van der Waals surface area contributed by atoms with Crippen LogP contribution in [0.3, 0.4) is 0 Å². The van der Waals surface area contributed by atoms with Crippen LogP contribution in [0.25, 0.3) is 0 Å². The van der Waals surface area contributed by atoms with Crippen molar-refractivity contribution in [2.75, 3.05) is 12.1 Å². The monoisotopic (exact) mass is 395 g/mol. The van der Waals surface area contributed by atoms with Crippen molar-refractivity contribution in [2.24, 2.45) is 11.7 Å². The summed E-state index contributed by atoms with van der Waals surface area (Å²) >= 11 is 3.33. The van der Waals surface area contributed by atoms with Gasteiger partial charge in [0.2, 0.25) is 12.3 Å². The third-order valence-corrected chi connectivity index (χ3v) is 3.57. The molecule has 0 unspecified atom stereocenters. The normalized spacial score (nSPS) is 9.54. The average molecular weight is 396 g/mol. The number of amides is 1. The first kappa shape index (κ1) is 19.9. The number of halogens is 1. The number of nitrogens with two attached hydrogens (primary N) is 2. The van der Waals surface area contributed by atoms with E-state index in [2.05, 4.69) is 39.7 Å². The van der Waals surface area contributed by atoms with Crippen LogP contribution in [0.15, 0.2) is 41.0 Å². The van der Waals surface area contributed by atoms with E-state index in [9.17, 15) is 0 Å². The SMILES string of the molecule is CCc1cccc(N(C)N)c1COc1cccc(Br)n1.NNC=O. The summed E-state index contributed by atoms with van der Waals surface area (Å²) in [6.07, 6.45) is 1.34. The molecule has 0 atom stereocenters. The van der Waals surface area contributed by atoms with Crippen LogP contribution in [0, 0.1) is 0 Å². The third kappa shape index (κ3) is 6.15. The van der Waals surface area contributed by atoms with Gasteiger partial charge in [0.25, 0.3) is 0 Å². The van der Waals surface area contributed by atoms with Gasteiger partial charge < -0.3 is 9.75 Å². The zero-order valence-corrected chi connectivity index (χ0v) is 15.3. The molecule has 0 radical (unpaired) electrons. The molecule has 0 aliphatic heterocycles. The number of hydrazine groups is 2. The molecule has 0 saturated heterocycles. The lowest BCUT2D eigenvalue weighted by molar-refractivity contribution is -0.109. The minimum absolute atomic E-state index is 0.403. The minimum Gasteiger partial charge on any atom is -0.473 e. The number of carbonyl (C=O) groups excluding carboxylic acids is 1. The lowest BCUT2D eigenvalue weighted by Gasteiger charge is -2.19. The number of benzene rings is 1. The van der Waals surface area contributed by atoms with E-state index in [0.29, 0.717) is 18.9 Å². The van der Waals surface area contributed by atoms with Crippen molar-refractivity contribution in [1.82, 2.24) is 10.4 Å². The van der Waals surface area contributed by atoms with Crippen molar-refractivity contribution in [1.29, 1.82) is 0 Å². The van der Waals surface area contributed by atoms with E-state index in [1.165, 1.54) is 5.56 Å². The van der Waals surface area contributed by atoms with Crippen molar-refractivity contribution in [3.63, 3.8) is 0 Å². The third-order valence-electron chi connectivity index (χ3n) is 3.13. The molecule has 2 aromatic rings. The number of ether oxygens (including phenoxy) is 1. The molecule has 0 saturated carbocycles. The molecule has 8 heteroatoms. The summed E-state index contributed by atoms with van der Waals surface area (Å²) in [6.45, 7) is 2.57. The molecule has 7 nitrogen and oxygen atoms in total. The molecule has 0 fully saturated rings. The van der Waals surface area contributed by atoms with E-state index >= 15 is 0 Å². The molecular weight excluding hydrogens is 374 g/mol. The molecule has 0 spiro atoms. The van der Waals surface area contributed by atoms with E-state index in [0.717, 1.165) is 22.3 Å². The van der Waals surface area contributed by atoms with Crippen LogP contribution in [0.4, 0.5) is 5.69 Å². The number of anilines is 1. The molecular formula is C16H22BrN5O2. The number of aryl methyl sites for hydroxylation is 1. The van der Waals surface area contributed by atoms with E-state index < -0.39 is 0 Å². The number of nitrogens with one attached hydrogen (secondary N) is 1. The molecule has 1 aromatic carbocycles. The summed E-state index contributed by atoms with van der Waals surface area (Å²) < 4.78 is 6.54. The molecule has 1 amide bonds. The maximum absolute atomic E-state index is 8.94. The van der Waals surface area contributed by atoms with Crippen molar-refractivity contribution < 1.29 is 9.53 Å². The molecule has 2 rings (SSSR count). The van der Waals surface area contributed by atoms with Crippen LogP contribution in [-0.2, 0) is 17.8 Å². The van der Waals surface area contributed by atoms with E-state index in [-0.39, 0.29) is 0 Å². The Labute approximate surface area is 150 Å². The molecule has 5 N–H and O–H groups in total. The Hall–Kier alpha value is -2.16. The molecule has 24 heavy (non-hydrogen) atoms. The maximum Gasteiger partial charge on any atom is 0.221 e. The zero-order chi connectivity index (χ0) is 17.9. The second-order valence-corrected chi connectivity index (χ2v) is 5.56. The van der Waals surface area contributed by atoms with Crippen molar-refractivity contribution >= 4 is 28.0 Å². The highest BCUT2D eigenvalue weighted by molar-refractivity contribution is 9.10. The fourth-order valence-corrected chi connectivity index (χ4v) is 2.39. The summed E-state index contributed by atoms with van der Waals surface area (Å²) in [5.74, 6) is 10.9. The van der Waals surface area contributed by atoms with Crippen LogP contribution in [0.5, 0.6) is 5.88 Å². The smallest absolute Gasteiger partial charge is 0.221 e. The Morgan fingerprint density at radius 1 is 1.33 bits per heavy atom.